The van der Waals surface area contributed by atoms with Gasteiger partial charge < -0.3 is 15.4 Å². The lowest BCUT2D eigenvalue weighted by Gasteiger charge is -2.15. The number of nitrogens with one attached hydrogen (secondary N) is 2. The van der Waals surface area contributed by atoms with Gasteiger partial charge in [-0.15, -0.1) is 24.0 Å². The summed E-state index contributed by atoms with van der Waals surface area (Å²) in [7, 11) is -0.225. The van der Waals surface area contributed by atoms with Gasteiger partial charge in [-0.25, -0.2) is 8.42 Å². The van der Waals surface area contributed by atoms with Crippen molar-refractivity contribution in [3.63, 3.8) is 0 Å². The highest BCUT2D eigenvalue weighted by Crippen LogP contribution is 2.16. The van der Waals surface area contributed by atoms with Crippen molar-refractivity contribution in [3.8, 4) is 0 Å². The van der Waals surface area contributed by atoms with Crippen LogP contribution in [0, 0.1) is 12.8 Å². The Balaban J connectivity index is 0.00000576. The lowest BCUT2D eigenvalue weighted by molar-refractivity contribution is -0.144. The summed E-state index contributed by atoms with van der Waals surface area (Å²) in [6, 6.07) is 5.20. The van der Waals surface area contributed by atoms with E-state index >= 15 is 0 Å². The third kappa shape index (κ3) is 7.59. The Morgan fingerprint density at radius 2 is 1.96 bits per heavy atom. The van der Waals surface area contributed by atoms with Gasteiger partial charge in [0.1, 0.15) is 0 Å². The minimum atomic E-state index is -3.22. The summed E-state index contributed by atoms with van der Waals surface area (Å²) < 4.78 is 27.9. The number of hydrogen-bond donors (Lipinski definition) is 2. The summed E-state index contributed by atoms with van der Waals surface area (Å²) in [5.74, 6) is -0.0228. The van der Waals surface area contributed by atoms with Crippen LogP contribution in [-0.2, 0) is 25.9 Å². The topological polar surface area (TPSA) is 96.9 Å². The number of esters is 1. The molecule has 0 bridgehead atoms. The number of halogens is 1. The Labute approximate surface area is 166 Å². The first-order chi connectivity index (χ1) is 11.2. The van der Waals surface area contributed by atoms with E-state index in [-0.39, 0.29) is 35.9 Å². The SMILES string of the molecule is CN=C(NCc1ccc(S(C)(=O)=O)c(C)c1)NCC(C)C(=O)OC.I. The first-order valence-corrected chi connectivity index (χ1v) is 9.40. The third-order valence-corrected chi connectivity index (χ3v) is 4.76. The van der Waals surface area contributed by atoms with E-state index in [4.69, 9.17) is 0 Å². The Hall–Kier alpha value is -1.36. The van der Waals surface area contributed by atoms with Gasteiger partial charge in [-0.3, -0.25) is 9.79 Å². The summed E-state index contributed by atoms with van der Waals surface area (Å²) in [6.07, 6.45) is 1.20. The molecule has 0 aromatic heterocycles. The number of carbonyl (C=O) groups excluding carboxylic acids is 1. The van der Waals surface area contributed by atoms with E-state index in [2.05, 4.69) is 20.4 Å². The molecule has 142 valence electrons. The van der Waals surface area contributed by atoms with Crippen LogP contribution in [0.4, 0.5) is 0 Å². The highest BCUT2D eigenvalue weighted by molar-refractivity contribution is 14.0. The van der Waals surface area contributed by atoms with Gasteiger partial charge in [-0.1, -0.05) is 19.1 Å². The van der Waals surface area contributed by atoms with E-state index in [1.165, 1.54) is 13.4 Å². The van der Waals surface area contributed by atoms with Crippen molar-refractivity contribution in [2.45, 2.75) is 25.3 Å². The number of guanidine groups is 1. The van der Waals surface area contributed by atoms with Gasteiger partial charge in [0.2, 0.25) is 0 Å². The van der Waals surface area contributed by atoms with Gasteiger partial charge in [0.05, 0.1) is 17.9 Å². The zero-order chi connectivity index (χ0) is 18.3. The fourth-order valence-corrected chi connectivity index (χ4v) is 3.14. The average Bonchev–Trinajstić information content (AvgIpc) is 2.52. The standard InChI is InChI=1S/C16H25N3O4S.HI/c1-11-8-13(6-7-14(11)24(5,21)22)10-19-16(17-3)18-9-12(2)15(20)23-4;/h6-8,12H,9-10H2,1-5H3,(H2,17,18,19);1H. The molecule has 0 saturated carbocycles. The lowest BCUT2D eigenvalue weighted by atomic mass is 10.1. The zero-order valence-electron chi connectivity index (χ0n) is 15.1. The van der Waals surface area contributed by atoms with E-state index in [0.29, 0.717) is 29.5 Å². The van der Waals surface area contributed by atoms with Crippen LogP contribution in [0.15, 0.2) is 28.1 Å². The Morgan fingerprint density at radius 1 is 1.32 bits per heavy atom. The summed E-state index contributed by atoms with van der Waals surface area (Å²) in [4.78, 5) is 15.8. The first kappa shape index (κ1) is 23.6. The number of rotatable bonds is 6. The molecule has 1 rings (SSSR count). The molecule has 9 heteroatoms. The van der Waals surface area contributed by atoms with Crippen LogP contribution in [0.25, 0.3) is 0 Å². The number of benzene rings is 1. The molecule has 0 spiro atoms. The van der Waals surface area contributed by atoms with Crippen molar-refractivity contribution in [2.24, 2.45) is 10.9 Å². The fourth-order valence-electron chi connectivity index (χ4n) is 2.18. The van der Waals surface area contributed by atoms with Crippen molar-refractivity contribution in [3.05, 3.63) is 29.3 Å². The van der Waals surface area contributed by atoms with Gasteiger partial charge in [0.25, 0.3) is 0 Å². The second-order valence-corrected chi connectivity index (χ2v) is 7.59. The van der Waals surface area contributed by atoms with Crippen LogP contribution >= 0.6 is 24.0 Å². The van der Waals surface area contributed by atoms with Crippen molar-refractivity contribution in [2.75, 3.05) is 27.0 Å². The Bertz CT molecular complexity index is 720. The molecule has 0 saturated heterocycles. The minimum Gasteiger partial charge on any atom is -0.469 e. The average molecular weight is 483 g/mol. The molecule has 0 fully saturated rings. The molecule has 1 atom stereocenters. The van der Waals surface area contributed by atoms with Gasteiger partial charge in [0, 0.05) is 26.4 Å². The second kappa shape index (κ2) is 10.6. The number of methoxy groups -OCH3 is 1. The maximum absolute atomic E-state index is 11.6. The largest absolute Gasteiger partial charge is 0.469 e. The predicted molar refractivity (Wildman–Crippen MR) is 109 cm³/mol. The monoisotopic (exact) mass is 483 g/mol. The number of carbonyl (C=O) groups is 1. The molecule has 0 aliphatic heterocycles. The summed E-state index contributed by atoms with van der Waals surface area (Å²) in [5, 5.41) is 6.17. The van der Waals surface area contributed by atoms with E-state index in [9.17, 15) is 13.2 Å². The second-order valence-electron chi connectivity index (χ2n) is 5.60. The fraction of sp³-hybridized carbons (Fsp3) is 0.500. The van der Waals surface area contributed by atoms with Crippen LogP contribution in [0.5, 0.6) is 0 Å². The van der Waals surface area contributed by atoms with Crippen LogP contribution in [-0.4, -0.2) is 47.3 Å². The Kier molecular flexibility index (Phi) is 10.0. The highest BCUT2D eigenvalue weighted by atomic mass is 127. The normalized spacial score (nSPS) is 12.8. The van der Waals surface area contributed by atoms with E-state index in [1.54, 1.807) is 33.0 Å². The van der Waals surface area contributed by atoms with E-state index in [0.717, 1.165) is 5.56 Å². The van der Waals surface area contributed by atoms with Crippen molar-refractivity contribution in [1.29, 1.82) is 0 Å². The molecule has 0 amide bonds. The number of aryl methyl sites for hydroxylation is 1. The molecule has 1 aromatic carbocycles. The number of nitrogens with zero attached hydrogens (tertiary/aromatic N) is 1. The maximum atomic E-state index is 11.6. The number of hydrogen-bond acceptors (Lipinski definition) is 5. The number of aliphatic imine (C=N–C) groups is 1. The first-order valence-electron chi connectivity index (χ1n) is 7.51. The molecular formula is C16H26IN3O4S. The molecule has 2 N–H and O–H groups in total. The summed E-state index contributed by atoms with van der Waals surface area (Å²) in [6.45, 7) is 4.42. The Morgan fingerprint density at radius 3 is 2.44 bits per heavy atom. The van der Waals surface area contributed by atoms with Gasteiger partial charge >= 0.3 is 5.97 Å². The van der Waals surface area contributed by atoms with Crippen molar-refractivity contribution in [1.82, 2.24) is 10.6 Å². The molecule has 0 heterocycles. The third-order valence-electron chi connectivity index (χ3n) is 3.50. The number of ether oxygens (including phenoxy) is 1. The molecule has 25 heavy (non-hydrogen) atoms. The van der Waals surface area contributed by atoms with Gasteiger partial charge in [-0.05, 0) is 24.1 Å². The smallest absolute Gasteiger partial charge is 0.310 e. The lowest BCUT2D eigenvalue weighted by Crippen LogP contribution is -2.40. The summed E-state index contributed by atoms with van der Waals surface area (Å²) in [5.41, 5.74) is 1.64. The van der Waals surface area contributed by atoms with Crippen LogP contribution in [0.3, 0.4) is 0 Å². The molecule has 7 nitrogen and oxygen atoms in total. The van der Waals surface area contributed by atoms with Gasteiger partial charge in [-0.2, -0.15) is 0 Å². The molecule has 0 aliphatic carbocycles. The quantitative estimate of drug-likeness (QED) is 0.276. The van der Waals surface area contributed by atoms with Crippen LogP contribution in [0.2, 0.25) is 0 Å². The molecule has 1 unspecified atom stereocenters. The molecule has 0 radical (unpaired) electrons. The van der Waals surface area contributed by atoms with Crippen LogP contribution < -0.4 is 10.6 Å². The highest BCUT2D eigenvalue weighted by Gasteiger charge is 2.14. The zero-order valence-corrected chi connectivity index (χ0v) is 18.3. The molecular weight excluding hydrogens is 457 g/mol. The molecule has 0 aliphatic rings. The van der Waals surface area contributed by atoms with Gasteiger partial charge in [0.15, 0.2) is 15.8 Å². The maximum Gasteiger partial charge on any atom is 0.310 e. The predicted octanol–water partition coefficient (Wildman–Crippen LogP) is 1.49. The summed E-state index contributed by atoms with van der Waals surface area (Å²) >= 11 is 0. The van der Waals surface area contributed by atoms with Crippen LogP contribution in [0.1, 0.15) is 18.1 Å². The molecule has 1 aromatic rings. The van der Waals surface area contributed by atoms with Crippen molar-refractivity contribution < 1.29 is 17.9 Å². The number of sulfone groups is 1. The van der Waals surface area contributed by atoms with E-state index in [1.807, 2.05) is 6.07 Å². The van der Waals surface area contributed by atoms with E-state index < -0.39 is 9.84 Å². The minimum absolute atomic E-state index is 0. The van der Waals surface area contributed by atoms with Crippen molar-refractivity contribution >= 4 is 45.7 Å².